The van der Waals surface area contributed by atoms with E-state index in [0.29, 0.717) is 21.2 Å². The number of benzene rings is 2. The lowest BCUT2D eigenvalue weighted by atomic mass is 10.1. The number of aliphatic carboxylic acids is 1. The SMILES string of the molecule is O=C(CNC(=O)c1ccccc1)N[C@@H](Cc1c(Cl)cccc1Cl)C(=O)O. The van der Waals surface area contributed by atoms with Gasteiger partial charge in [-0.05, 0) is 29.8 Å². The van der Waals surface area contributed by atoms with E-state index in [2.05, 4.69) is 10.6 Å². The summed E-state index contributed by atoms with van der Waals surface area (Å²) in [6.07, 6.45) is -0.0772. The van der Waals surface area contributed by atoms with Crippen LogP contribution in [0.4, 0.5) is 0 Å². The third-order valence-electron chi connectivity index (χ3n) is 3.55. The molecule has 0 aliphatic rings. The number of hydrogen-bond acceptors (Lipinski definition) is 3. The highest BCUT2D eigenvalue weighted by molar-refractivity contribution is 6.36. The molecule has 0 bridgehead atoms. The van der Waals surface area contributed by atoms with Crippen LogP contribution in [-0.2, 0) is 16.0 Å². The average molecular weight is 395 g/mol. The Kier molecular flexibility index (Phi) is 7.00. The molecule has 0 fully saturated rings. The Morgan fingerprint density at radius 1 is 0.962 bits per heavy atom. The van der Waals surface area contributed by atoms with Crippen molar-refractivity contribution in [2.75, 3.05) is 6.54 Å². The van der Waals surface area contributed by atoms with Gasteiger partial charge in [-0.15, -0.1) is 0 Å². The van der Waals surface area contributed by atoms with Crippen LogP contribution in [0.1, 0.15) is 15.9 Å². The second-order valence-electron chi connectivity index (χ2n) is 5.41. The number of nitrogens with one attached hydrogen (secondary N) is 2. The number of halogens is 2. The number of rotatable bonds is 7. The molecule has 0 aliphatic heterocycles. The minimum Gasteiger partial charge on any atom is -0.480 e. The first-order valence-corrected chi connectivity index (χ1v) is 8.42. The molecular formula is C18H16Cl2N2O4. The van der Waals surface area contributed by atoms with Crippen molar-refractivity contribution >= 4 is 41.0 Å². The molecule has 2 aromatic carbocycles. The second kappa shape index (κ2) is 9.22. The normalized spacial score (nSPS) is 11.5. The Morgan fingerprint density at radius 2 is 1.58 bits per heavy atom. The van der Waals surface area contributed by atoms with Gasteiger partial charge in [-0.25, -0.2) is 4.79 Å². The molecule has 3 N–H and O–H groups in total. The molecule has 2 rings (SSSR count). The molecule has 8 heteroatoms. The lowest BCUT2D eigenvalue weighted by Gasteiger charge is -2.16. The zero-order chi connectivity index (χ0) is 19.1. The van der Waals surface area contributed by atoms with Crippen LogP contribution < -0.4 is 10.6 Å². The van der Waals surface area contributed by atoms with Gasteiger partial charge in [-0.2, -0.15) is 0 Å². The summed E-state index contributed by atoms with van der Waals surface area (Å²) >= 11 is 12.1. The number of carbonyl (C=O) groups excluding carboxylic acids is 2. The van der Waals surface area contributed by atoms with E-state index in [1.165, 1.54) is 0 Å². The molecule has 0 heterocycles. The van der Waals surface area contributed by atoms with E-state index >= 15 is 0 Å². The van der Waals surface area contributed by atoms with Gasteiger partial charge >= 0.3 is 5.97 Å². The van der Waals surface area contributed by atoms with Crippen molar-refractivity contribution in [2.45, 2.75) is 12.5 Å². The lowest BCUT2D eigenvalue weighted by molar-refractivity contribution is -0.141. The van der Waals surface area contributed by atoms with Crippen LogP contribution in [0.3, 0.4) is 0 Å². The third kappa shape index (κ3) is 5.47. The number of hydrogen-bond donors (Lipinski definition) is 3. The van der Waals surface area contributed by atoms with Crippen molar-refractivity contribution in [1.82, 2.24) is 10.6 Å². The molecule has 0 aromatic heterocycles. The molecule has 0 spiro atoms. The number of carboxylic acids is 1. The number of amides is 2. The summed E-state index contributed by atoms with van der Waals surface area (Å²) in [5.41, 5.74) is 0.829. The lowest BCUT2D eigenvalue weighted by Crippen LogP contribution is -2.46. The Hall–Kier alpha value is -2.57. The summed E-state index contributed by atoms with van der Waals surface area (Å²) in [7, 11) is 0. The van der Waals surface area contributed by atoms with Crippen molar-refractivity contribution in [2.24, 2.45) is 0 Å². The first kappa shape index (κ1) is 19.8. The van der Waals surface area contributed by atoms with Gasteiger partial charge < -0.3 is 15.7 Å². The summed E-state index contributed by atoms with van der Waals surface area (Å²) in [4.78, 5) is 35.3. The molecule has 26 heavy (non-hydrogen) atoms. The van der Waals surface area contributed by atoms with Crippen molar-refractivity contribution in [3.05, 3.63) is 69.7 Å². The number of carbonyl (C=O) groups is 3. The first-order chi connectivity index (χ1) is 12.4. The standard InChI is InChI=1S/C18H16Cl2N2O4/c19-13-7-4-8-14(20)12(13)9-15(18(25)26)22-16(23)10-21-17(24)11-5-2-1-3-6-11/h1-8,15H,9-10H2,(H,21,24)(H,22,23)(H,25,26)/t15-/m0/s1. The van der Waals surface area contributed by atoms with Crippen LogP contribution in [-0.4, -0.2) is 35.5 Å². The van der Waals surface area contributed by atoms with E-state index in [1.807, 2.05) is 0 Å². The Balaban J connectivity index is 1.96. The monoisotopic (exact) mass is 394 g/mol. The van der Waals surface area contributed by atoms with Crippen LogP contribution in [0.25, 0.3) is 0 Å². The summed E-state index contributed by atoms with van der Waals surface area (Å²) < 4.78 is 0. The van der Waals surface area contributed by atoms with Gasteiger partial charge in [0.05, 0.1) is 6.54 Å². The molecule has 6 nitrogen and oxygen atoms in total. The highest BCUT2D eigenvalue weighted by atomic mass is 35.5. The minimum atomic E-state index is -1.23. The maximum absolute atomic E-state index is 12.0. The largest absolute Gasteiger partial charge is 0.480 e. The van der Waals surface area contributed by atoms with Gasteiger partial charge in [-0.1, -0.05) is 47.5 Å². The molecular weight excluding hydrogens is 379 g/mol. The third-order valence-corrected chi connectivity index (χ3v) is 4.26. The topological polar surface area (TPSA) is 95.5 Å². The Labute approximate surface area is 160 Å². The van der Waals surface area contributed by atoms with E-state index in [1.54, 1.807) is 48.5 Å². The number of carboxylic acid groups (broad SMARTS) is 1. The van der Waals surface area contributed by atoms with E-state index in [4.69, 9.17) is 23.2 Å². The first-order valence-electron chi connectivity index (χ1n) is 7.66. The van der Waals surface area contributed by atoms with E-state index in [0.717, 1.165) is 0 Å². The smallest absolute Gasteiger partial charge is 0.326 e. The van der Waals surface area contributed by atoms with Crippen molar-refractivity contribution in [3.8, 4) is 0 Å². The summed E-state index contributed by atoms with van der Waals surface area (Å²) in [6, 6.07) is 12.0. The van der Waals surface area contributed by atoms with Gasteiger partial charge in [-0.3, -0.25) is 9.59 Å². The van der Waals surface area contributed by atoms with Crippen LogP contribution in [0.2, 0.25) is 10.0 Å². The van der Waals surface area contributed by atoms with Crippen LogP contribution >= 0.6 is 23.2 Å². The molecule has 0 radical (unpaired) electrons. The van der Waals surface area contributed by atoms with E-state index < -0.39 is 23.8 Å². The zero-order valence-corrected chi connectivity index (χ0v) is 15.1. The van der Waals surface area contributed by atoms with Gasteiger partial charge in [0, 0.05) is 22.0 Å². The predicted molar refractivity (Wildman–Crippen MR) is 98.5 cm³/mol. The molecule has 2 aromatic rings. The second-order valence-corrected chi connectivity index (χ2v) is 6.23. The quantitative estimate of drug-likeness (QED) is 0.672. The summed E-state index contributed by atoms with van der Waals surface area (Å²) in [5, 5.41) is 14.8. The Bertz CT molecular complexity index is 792. The highest BCUT2D eigenvalue weighted by Crippen LogP contribution is 2.25. The van der Waals surface area contributed by atoms with Gasteiger partial charge in [0.25, 0.3) is 5.91 Å². The molecule has 0 saturated carbocycles. The molecule has 0 saturated heterocycles. The molecule has 2 amide bonds. The van der Waals surface area contributed by atoms with Crippen LogP contribution in [0, 0.1) is 0 Å². The van der Waals surface area contributed by atoms with Gasteiger partial charge in [0.2, 0.25) is 5.91 Å². The molecule has 136 valence electrons. The van der Waals surface area contributed by atoms with E-state index in [-0.39, 0.29) is 13.0 Å². The zero-order valence-electron chi connectivity index (χ0n) is 13.5. The fourth-order valence-electron chi connectivity index (χ4n) is 2.23. The van der Waals surface area contributed by atoms with Gasteiger partial charge in [0.1, 0.15) is 6.04 Å². The maximum Gasteiger partial charge on any atom is 0.326 e. The Morgan fingerprint density at radius 3 is 2.15 bits per heavy atom. The van der Waals surface area contributed by atoms with Crippen molar-refractivity contribution in [1.29, 1.82) is 0 Å². The average Bonchev–Trinajstić information content (AvgIpc) is 2.62. The molecule has 0 unspecified atom stereocenters. The summed E-state index contributed by atoms with van der Waals surface area (Å²) in [6.45, 7) is -0.353. The molecule has 1 atom stereocenters. The van der Waals surface area contributed by atoms with Crippen LogP contribution in [0.15, 0.2) is 48.5 Å². The van der Waals surface area contributed by atoms with Crippen molar-refractivity contribution < 1.29 is 19.5 Å². The summed E-state index contributed by atoms with van der Waals surface area (Å²) in [5.74, 6) is -2.30. The van der Waals surface area contributed by atoms with Crippen LogP contribution in [0.5, 0.6) is 0 Å². The maximum atomic E-state index is 12.0. The fraction of sp³-hybridized carbons (Fsp3) is 0.167. The van der Waals surface area contributed by atoms with Crippen molar-refractivity contribution in [3.63, 3.8) is 0 Å². The molecule has 0 aliphatic carbocycles. The predicted octanol–water partition coefficient (Wildman–Crippen LogP) is 2.54. The van der Waals surface area contributed by atoms with Gasteiger partial charge in [0.15, 0.2) is 0 Å². The van der Waals surface area contributed by atoms with E-state index in [9.17, 15) is 19.5 Å². The highest BCUT2D eigenvalue weighted by Gasteiger charge is 2.23. The fourth-order valence-corrected chi connectivity index (χ4v) is 2.78. The minimum absolute atomic E-state index is 0.0772.